The number of alkyl halides is 6. The van der Waals surface area contributed by atoms with Crippen LogP contribution in [-0.4, -0.2) is 38.3 Å². The molecule has 1 amide bonds. The maximum Gasteiger partial charge on any atom is 0.426 e. The number of nitrogens with zero attached hydrogens (tertiary/aromatic N) is 3. The lowest BCUT2D eigenvalue weighted by molar-refractivity contribution is -0.299. The van der Waals surface area contributed by atoms with Gasteiger partial charge in [0, 0.05) is 6.42 Å². The van der Waals surface area contributed by atoms with Crippen LogP contribution in [0.15, 0.2) is 53.0 Å². The Morgan fingerprint density at radius 1 is 1.05 bits per heavy atom. The molecular weight excluding hydrogens is 550 g/mol. The number of amides is 1. The van der Waals surface area contributed by atoms with Gasteiger partial charge in [0.05, 0.1) is 17.9 Å². The maximum absolute atomic E-state index is 14.7. The molecule has 1 atom stereocenters. The van der Waals surface area contributed by atoms with Crippen molar-refractivity contribution in [2.24, 2.45) is 0 Å². The molecule has 0 aliphatic carbocycles. The molecule has 0 saturated carbocycles. The van der Waals surface area contributed by atoms with E-state index in [9.17, 15) is 35.9 Å². The van der Waals surface area contributed by atoms with Crippen molar-refractivity contribution in [1.82, 2.24) is 15.2 Å². The molecule has 0 fully saturated rings. The summed E-state index contributed by atoms with van der Waals surface area (Å²) in [6.45, 7) is -0.509. The highest BCUT2D eigenvalue weighted by Crippen LogP contribution is 2.47. The van der Waals surface area contributed by atoms with Gasteiger partial charge in [0.15, 0.2) is 11.5 Å². The van der Waals surface area contributed by atoms with E-state index >= 15 is 0 Å². The number of aromatic nitrogens is 3. The number of benzene rings is 1. The van der Waals surface area contributed by atoms with Crippen molar-refractivity contribution in [3.8, 4) is 11.6 Å². The lowest BCUT2D eigenvalue weighted by Crippen LogP contribution is -2.45. The smallest absolute Gasteiger partial charge is 0.426 e. The Morgan fingerprint density at radius 3 is 2.40 bits per heavy atom. The van der Waals surface area contributed by atoms with Gasteiger partial charge in [-0.3, -0.25) is 10.1 Å². The van der Waals surface area contributed by atoms with Crippen LogP contribution in [0, 0.1) is 0 Å². The molecule has 15 heteroatoms. The Hall–Kier alpha value is -4.27. The average Bonchev–Trinajstić information content (AvgIpc) is 3.36. The third kappa shape index (κ3) is 5.98. The zero-order valence-corrected chi connectivity index (χ0v) is 20.3. The number of Topliss-reactive ketones (excluding diaryl/α,β-unsaturated/α-hetero) is 1. The van der Waals surface area contributed by atoms with E-state index < -0.39 is 83.7 Å². The van der Waals surface area contributed by atoms with Crippen molar-refractivity contribution < 1.29 is 50.2 Å². The molecular formula is C25H20F6N4O5. The van der Waals surface area contributed by atoms with E-state index in [2.05, 4.69) is 15.2 Å². The van der Waals surface area contributed by atoms with Crippen molar-refractivity contribution in [2.75, 3.05) is 5.32 Å². The summed E-state index contributed by atoms with van der Waals surface area (Å²) in [7, 11) is 0. The minimum absolute atomic E-state index is 0.0927. The Kier molecular flexibility index (Phi) is 7.95. The fourth-order valence-corrected chi connectivity index (χ4v) is 4.02. The summed E-state index contributed by atoms with van der Waals surface area (Å²) < 4.78 is 96.2. The third-order valence-corrected chi connectivity index (χ3v) is 5.96. The maximum atomic E-state index is 14.7. The van der Waals surface area contributed by atoms with E-state index in [4.69, 9.17) is 14.3 Å². The molecule has 40 heavy (non-hydrogen) atoms. The van der Waals surface area contributed by atoms with Crippen LogP contribution in [0.25, 0.3) is 11.6 Å². The Bertz CT molecular complexity index is 1420. The molecule has 4 bridgehead atoms. The van der Waals surface area contributed by atoms with Gasteiger partial charge < -0.3 is 14.3 Å². The Morgan fingerprint density at radius 2 is 1.75 bits per heavy atom. The molecule has 1 aliphatic heterocycles. The molecule has 0 spiro atoms. The van der Waals surface area contributed by atoms with Crippen molar-refractivity contribution in [2.45, 2.75) is 50.2 Å². The highest BCUT2D eigenvalue weighted by molar-refractivity contribution is 5.98. The first-order valence-electron chi connectivity index (χ1n) is 11.7. The van der Waals surface area contributed by atoms with Gasteiger partial charge in [-0.15, -0.1) is 10.2 Å². The second kappa shape index (κ2) is 11.1. The number of nitrogens with one attached hydrogen (secondary N) is 1. The van der Waals surface area contributed by atoms with Gasteiger partial charge >= 0.3 is 18.4 Å². The number of rotatable bonds is 4. The first kappa shape index (κ1) is 28.7. The molecule has 4 rings (SSSR count). The van der Waals surface area contributed by atoms with E-state index in [-0.39, 0.29) is 12.8 Å². The molecule has 2 N–H and O–H groups in total. The van der Waals surface area contributed by atoms with Gasteiger partial charge in [-0.1, -0.05) is 42.5 Å². The lowest BCUT2D eigenvalue weighted by atomic mass is 9.95. The number of fused-ring (bicyclic) bond motifs is 5. The average molecular weight is 570 g/mol. The number of ether oxygens (including phenoxy) is 1. The standard InChI is InChI=1S/C25H20F6N4O5/c26-24(27,28)15-12-16(32-22(37)38)19-20-34-35-21(40-20)23(25(29,30)31,39-13-14-8-4-3-5-9-14)11-7-2-1-6-10-17(36)18(15)33-19/h1-5,8-9,12,32H,6-7,10-11,13H2,(H,37,38). The number of allylic oxidation sites excluding steroid dienone is 2. The molecule has 1 unspecified atom stereocenters. The van der Waals surface area contributed by atoms with Crippen molar-refractivity contribution in [3.63, 3.8) is 0 Å². The van der Waals surface area contributed by atoms with Crippen molar-refractivity contribution >= 4 is 17.6 Å². The molecule has 3 aromatic rings. The predicted molar refractivity (Wildman–Crippen MR) is 125 cm³/mol. The molecule has 3 heterocycles. The van der Waals surface area contributed by atoms with E-state index in [1.807, 2.05) is 0 Å². The quantitative estimate of drug-likeness (QED) is 0.268. The molecule has 2 aromatic heterocycles. The summed E-state index contributed by atoms with van der Waals surface area (Å²) in [5.41, 5.74) is -6.96. The number of pyridine rings is 1. The van der Waals surface area contributed by atoms with Crippen LogP contribution in [0.3, 0.4) is 0 Å². The molecule has 1 aromatic carbocycles. The number of carbonyl (C=O) groups is 2. The van der Waals surface area contributed by atoms with Gasteiger partial charge in [-0.05, 0) is 30.9 Å². The number of halogens is 6. The summed E-state index contributed by atoms with van der Waals surface area (Å²) >= 11 is 0. The van der Waals surface area contributed by atoms with E-state index in [1.54, 1.807) is 35.6 Å². The second-order valence-electron chi connectivity index (χ2n) is 8.69. The molecule has 9 nitrogen and oxygen atoms in total. The monoisotopic (exact) mass is 570 g/mol. The molecule has 0 radical (unpaired) electrons. The minimum Gasteiger partial charge on any atom is -0.465 e. The van der Waals surface area contributed by atoms with Crippen LogP contribution in [0.1, 0.15) is 53.2 Å². The van der Waals surface area contributed by atoms with Crippen molar-refractivity contribution in [1.29, 1.82) is 0 Å². The first-order chi connectivity index (χ1) is 18.8. The predicted octanol–water partition coefficient (Wildman–Crippen LogP) is 6.53. The summed E-state index contributed by atoms with van der Waals surface area (Å²) in [6, 6.07) is 8.26. The summed E-state index contributed by atoms with van der Waals surface area (Å²) in [6.07, 6.45) is -10.8. The first-order valence-corrected chi connectivity index (χ1v) is 11.7. The second-order valence-corrected chi connectivity index (χ2v) is 8.69. The van der Waals surface area contributed by atoms with Gasteiger partial charge in [0.2, 0.25) is 5.60 Å². The third-order valence-electron chi connectivity index (χ3n) is 5.96. The minimum atomic E-state index is -5.12. The SMILES string of the molecule is O=C(O)Nc1cc(C(F)(F)F)c2nc1-c1nnc(o1)C(OCc1ccccc1)(C(F)(F)F)CCC=CCCC2=O. The number of carbonyl (C=O) groups excluding carboxylic acids is 1. The summed E-state index contributed by atoms with van der Waals surface area (Å²) in [4.78, 5) is 27.7. The number of hydrogen-bond donors (Lipinski definition) is 2. The zero-order chi connectivity index (χ0) is 29.1. The molecule has 0 saturated heterocycles. The number of anilines is 1. The lowest BCUT2D eigenvalue weighted by Gasteiger charge is -2.32. The van der Waals surface area contributed by atoms with Crippen molar-refractivity contribution in [3.05, 3.63) is 71.3 Å². The topological polar surface area (TPSA) is 127 Å². The van der Waals surface area contributed by atoms with Crippen LogP contribution in [0.2, 0.25) is 0 Å². The highest BCUT2D eigenvalue weighted by atomic mass is 19.4. The van der Waals surface area contributed by atoms with E-state index in [1.165, 1.54) is 12.2 Å². The van der Waals surface area contributed by atoms with Crippen LogP contribution in [0.5, 0.6) is 0 Å². The fourth-order valence-electron chi connectivity index (χ4n) is 4.02. The van der Waals surface area contributed by atoms with E-state index in [0.717, 1.165) is 0 Å². The fraction of sp³-hybridized carbons (Fsp3) is 0.320. The van der Waals surface area contributed by atoms with Gasteiger partial charge in [0.25, 0.3) is 11.8 Å². The van der Waals surface area contributed by atoms with Crippen LogP contribution < -0.4 is 5.32 Å². The van der Waals surface area contributed by atoms with Crippen LogP contribution in [0.4, 0.5) is 36.8 Å². The van der Waals surface area contributed by atoms with Crippen LogP contribution in [-0.2, 0) is 23.1 Å². The van der Waals surface area contributed by atoms with E-state index in [0.29, 0.717) is 11.6 Å². The number of hydrogen-bond acceptors (Lipinski definition) is 7. The highest BCUT2D eigenvalue weighted by Gasteiger charge is 2.61. The van der Waals surface area contributed by atoms with Gasteiger partial charge in [-0.2, -0.15) is 26.3 Å². The van der Waals surface area contributed by atoms with Crippen LogP contribution >= 0.6 is 0 Å². The number of carboxylic acid groups (broad SMARTS) is 1. The van der Waals surface area contributed by atoms with Gasteiger partial charge in [0.1, 0.15) is 5.69 Å². The summed E-state index contributed by atoms with van der Waals surface area (Å²) in [5.74, 6) is -2.97. The summed E-state index contributed by atoms with van der Waals surface area (Å²) in [5, 5.41) is 17.9. The number of ketones is 1. The normalized spacial score (nSPS) is 18.3. The Balaban J connectivity index is 1.92. The largest absolute Gasteiger partial charge is 0.465 e. The molecule has 212 valence electrons. The zero-order valence-electron chi connectivity index (χ0n) is 20.3. The van der Waals surface area contributed by atoms with Gasteiger partial charge in [-0.25, -0.2) is 9.78 Å². The molecule has 1 aliphatic rings. The Labute approximate surface area is 221 Å².